The van der Waals surface area contributed by atoms with Crippen LogP contribution in [0.3, 0.4) is 0 Å². The number of aromatic nitrogens is 3. The standard InChI is InChI=1S/C25H31N5O/c1-3-30-18-20(15-28-30)17-29-13-7-11-25(19-29,24(31)26-2)14-21-8-4-5-10-23(21)22-9-6-12-27-16-22/h4-6,8-10,12,15-16,18H,3,7,11,13-14,17,19H2,1-2H3,(H,26,31)/t25-/m0/s1. The molecule has 0 bridgehead atoms. The molecule has 162 valence electrons. The highest BCUT2D eigenvalue weighted by molar-refractivity contribution is 5.83. The maximum absolute atomic E-state index is 13.2. The fraction of sp³-hybridized carbons (Fsp3) is 0.400. The number of piperidine rings is 1. The van der Waals surface area contributed by atoms with Crippen molar-refractivity contribution in [2.75, 3.05) is 20.1 Å². The van der Waals surface area contributed by atoms with Gasteiger partial charge in [-0.3, -0.25) is 19.4 Å². The molecule has 1 aliphatic heterocycles. The molecule has 4 rings (SSSR count). The summed E-state index contributed by atoms with van der Waals surface area (Å²) in [6.45, 7) is 5.52. The van der Waals surface area contributed by atoms with Gasteiger partial charge in [0.25, 0.3) is 0 Å². The van der Waals surface area contributed by atoms with E-state index < -0.39 is 5.41 Å². The third kappa shape index (κ3) is 4.69. The van der Waals surface area contributed by atoms with Crippen LogP contribution in [-0.4, -0.2) is 45.7 Å². The molecule has 0 unspecified atom stereocenters. The number of pyridine rings is 1. The number of rotatable bonds is 7. The van der Waals surface area contributed by atoms with Crippen LogP contribution in [0.4, 0.5) is 0 Å². The Morgan fingerprint density at radius 3 is 2.81 bits per heavy atom. The Labute approximate surface area is 184 Å². The van der Waals surface area contributed by atoms with Crippen LogP contribution < -0.4 is 5.32 Å². The summed E-state index contributed by atoms with van der Waals surface area (Å²) in [6, 6.07) is 12.4. The zero-order valence-corrected chi connectivity index (χ0v) is 18.4. The van der Waals surface area contributed by atoms with Gasteiger partial charge in [0.2, 0.25) is 5.91 Å². The van der Waals surface area contributed by atoms with Crippen molar-refractivity contribution in [3.05, 3.63) is 72.3 Å². The van der Waals surface area contributed by atoms with Gasteiger partial charge in [-0.2, -0.15) is 5.10 Å². The number of likely N-dealkylation sites (tertiary alicyclic amines) is 1. The lowest BCUT2D eigenvalue weighted by atomic mass is 9.73. The van der Waals surface area contributed by atoms with E-state index in [2.05, 4.69) is 63.8 Å². The maximum atomic E-state index is 13.2. The smallest absolute Gasteiger partial charge is 0.227 e. The van der Waals surface area contributed by atoms with Gasteiger partial charge in [0.1, 0.15) is 0 Å². The van der Waals surface area contributed by atoms with Gasteiger partial charge in [-0.1, -0.05) is 30.3 Å². The first-order valence-electron chi connectivity index (χ1n) is 11.1. The molecule has 1 aliphatic rings. The summed E-state index contributed by atoms with van der Waals surface area (Å²) in [4.78, 5) is 19.9. The Hall–Kier alpha value is -2.99. The zero-order valence-electron chi connectivity index (χ0n) is 18.4. The van der Waals surface area contributed by atoms with Crippen LogP contribution in [-0.2, 0) is 24.3 Å². The minimum absolute atomic E-state index is 0.127. The van der Waals surface area contributed by atoms with Gasteiger partial charge in [0.15, 0.2) is 0 Å². The second kappa shape index (κ2) is 9.43. The van der Waals surface area contributed by atoms with E-state index in [0.717, 1.165) is 50.1 Å². The summed E-state index contributed by atoms with van der Waals surface area (Å²) in [5.74, 6) is 0.127. The van der Waals surface area contributed by atoms with E-state index in [9.17, 15) is 4.79 Å². The molecule has 3 aromatic rings. The average molecular weight is 418 g/mol. The van der Waals surface area contributed by atoms with Crippen LogP contribution in [0.2, 0.25) is 0 Å². The lowest BCUT2D eigenvalue weighted by molar-refractivity contribution is -0.134. The summed E-state index contributed by atoms with van der Waals surface area (Å²) in [7, 11) is 1.75. The van der Waals surface area contributed by atoms with Crippen LogP contribution in [0.5, 0.6) is 0 Å². The lowest BCUT2D eigenvalue weighted by Crippen LogP contribution is -2.52. The van der Waals surface area contributed by atoms with Gasteiger partial charge in [0.05, 0.1) is 11.6 Å². The van der Waals surface area contributed by atoms with Crippen molar-refractivity contribution < 1.29 is 4.79 Å². The Morgan fingerprint density at radius 1 is 1.19 bits per heavy atom. The molecule has 1 N–H and O–H groups in total. The van der Waals surface area contributed by atoms with Gasteiger partial charge < -0.3 is 5.32 Å². The van der Waals surface area contributed by atoms with Crippen molar-refractivity contribution in [3.8, 4) is 11.1 Å². The summed E-state index contributed by atoms with van der Waals surface area (Å²) >= 11 is 0. The molecule has 1 atom stereocenters. The summed E-state index contributed by atoms with van der Waals surface area (Å²) in [6.07, 6.45) is 10.3. The predicted octanol–water partition coefficient (Wildman–Crippen LogP) is 3.54. The van der Waals surface area contributed by atoms with Crippen molar-refractivity contribution >= 4 is 5.91 Å². The van der Waals surface area contributed by atoms with E-state index in [1.165, 1.54) is 11.1 Å². The molecular formula is C25H31N5O. The average Bonchev–Trinajstić information content (AvgIpc) is 3.27. The van der Waals surface area contributed by atoms with E-state index in [1.807, 2.05) is 23.1 Å². The molecular weight excluding hydrogens is 386 g/mol. The second-order valence-corrected chi connectivity index (χ2v) is 8.45. The molecule has 0 spiro atoms. The normalized spacial score (nSPS) is 19.3. The highest BCUT2D eigenvalue weighted by atomic mass is 16.2. The zero-order chi connectivity index (χ0) is 21.7. The predicted molar refractivity (Wildman–Crippen MR) is 122 cm³/mol. The fourth-order valence-corrected chi connectivity index (χ4v) is 4.80. The van der Waals surface area contributed by atoms with Crippen molar-refractivity contribution in [2.45, 2.75) is 39.3 Å². The van der Waals surface area contributed by atoms with Crippen molar-refractivity contribution in [3.63, 3.8) is 0 Å². The monoisotopic (exact) mass is 417 g/mol. The van der Waals surface area contributed by atoms with E-state index in [-0.39, 0.29) is 5.91 Å². The maximum Gasteiger partial charge on any atom is 0.227 e. The number of nitrogens with zero attached hydrogens (tertiary/aromatic N) is 4. The van der Waals surface area contributed by atoms with Gasteiger partial charge >= 0.3 is 0 Å². The third-order valence-electron chi connectivity index (χ3n) is 6.30. The number of amides is 1. The minimum atomic E-state index is -0.452. The fourth-order valence-electron chi connectivity index (χ4n) is 4.80. The van der Waals surface area contributed by atoms with Crippen molar-refractivity contribution in [1.82, 2.24) is 25.0 Å². The number of carbonyl (C=O) groups excluding carboxylic acids is 1. The highest BCUT2D eigenvalue weighted by Crippen LogP contribution is 2.37. The Kier molecular flexibility index (Phi) is 6.47. The lowest BCUT2D eigenvalue weighted by Gasteiger charge is -2.42. The van der Waals surface area contributed by atoms with Crippen LogP contribution in [0.15, 0.2) is 61.2 Å². The van der Waals surface area contributed by atoms with E-state index in [4.69, 9.17) is 0 Å². The molecule has 0 aliphatic carbocycles. The molecule has 2 aromatic heterocycles. The number of nitrogens with one attached hydrogen (secondary N) is 1. The molecule has 6 nitrogen and oxygen atoms in total. The van der Waals surface area contributed by atoms with Crippen LogP contribution in [0, 0.1) is 5.41 Å². The third-order valence-corrected chi connectivity index (χ3v) is 6.30. The summed E-state index contributed by atoms with van der Waals surface area (Å²) in [5.41, 5.74) is 4.18. The molecule has 0 saturated carbocycles. The van der Waals surface area contributed by atoms with E-state index >= 15 is 0 Å². The Bertz CT molecular complexity index is 1020. The summed E-state index contributed by atoms with van der Waals surface area (Å²) in [5, 5.41) is 7.36. The van der Waals surface area contributed by atoms with Gasteiger partial charge in [-0.25, -0.2) is 0 Å². The van der Waals surface area contributed by atoms with E-state index in [0.29, 0.717) is 6.42 Å². The highest BCUT2D eigenvalue weighted by Gasteiger charge is 2.42. The quantitative estimate of drug-likeness (QED) is 0.639. The first kappa shape index (κ1) is 21.2. The first-order valence-corrected chi connectivity index (χ1v) is 11.1. The number of hydrogen-bond acceptors (Lipinski definition) is 4. The van der Waals surface area contributed by atoms with E-state index in [1.54, 1.807) is 13.2 Å². The number of aryl methyl sites for hydroxylation is 1. The molecule has 1 fully saturated rings. The number of benzene rings is 1. The molecule has 1 aromatic carbocycles. The Balaban J connectivity index is 1.61. The largest absolute Gasteiger partial charge is 0.359 e. The number of hydrogen-bond donors (Lipinski definition) is 1. The van der Waals surface area contributed by atoms with Gasteiger partial charge in [0, 0.05) is 56.4 Å². The molecule has 1 saturated heterocycles. The molecule has 1 amide bonds. The van der Waals surface area contributed by atoms with Gasteiger partial charge in [-0.15, -0.1) is 0 Å². The topological polar surface area (TPSA) is 63.1 Å². The molecule has 31 heavy (non-hydrogen) atoms. The minimum Gasteiger partial charge on any atom is -0.359 e. The Morgan fingerprint density at radius 2 is 2.06 bits per heavy atom. The van der Waals surface area contributed by atoms with Crippen molar-refractivity contribution in [2.24, 2.45) is 5.41 Å². The SMILES string of the molecule is CCn1cc(CN2CCC[C@@](Cc3ccccc3-c3cccnc3)(C(=O)NC)C2)cn1. The molecule has 6 heteroatoms. The second-order valence-electron chi connectivity index (χ2n) is 8.45. The summed E-state index contributed by atoms with van der Waals surface area (Å²) < 4.78 is 1.95. The van der Waals surface area contributed by atoms with Crippen LogP contribution in [0.25, 0.3) is 11.1 Å². The molecule has 3 heterocycles. The molecule has 0 radical (unpaired) electrons. The first-order chi connectivity index (χ1) is 15.1. The van der Waals surface area contributed by atoms with Crippen LogP contribution >= 0.6 is 0 Å². The van der Waals surface area contributed by atoms with Crippen molar-refractivity contribution in [1.29, 1.82) is 0 Å². The van der Waals surface area contributed by atoms with Crippen LogP contribution in [0.1, 0.15) is 30.9 Å². The number of carbonyl (C=O) groups is 1. The van der Waals surface area contributed by atoms with Gasteiger partial charge in [-0.05, 0) is 49.9 Å².